The van der Waals surface area contributed by atoms with Crippen LogP contribution in [0.15, 0.2) is 37.5 Å². The minimum absolute atomic E-state index is 0.0240. The minimum Gasteiger partial charge on any atom is -0.332 e. The summed E-state index contributed by atoms with van der Waals surface area (Å²) in [5.41, 5.74) is 0.692. The van der Waals surface area contributed by atoms with E-state index in [2.05, 4.69) is 26.7 Å². The molecule has 0 saturated heterocycles. The van der Waals surface area contributed by atoms with E-state index >= 15 is 0 Å². The van der Waals surface area contributed by atoms with Crippen molar-refractivity contribution in [3.05, 3.63) is 37.5 Å². The SMILES string of the molecule is C=CCN(CC=C)C(=O)C(=C)CCCCC. The Morgan fingerprint density at radius 1 is 1.19 bits per heavy atom. The van der Waals surface area contributed by atoms with Crippen molar-refractivity contribution in [1.29, 1.82) is 0 Å². The van der Waals surface area contributed by atoms with Gasteiger partial charge in [0.2, 0.25) is 5.91 Å². The maximum Gasteiger partial charge on any atom is 0.249 e. The maximum absolute atomic E-state index is 11.9. The molecule has 0 aliphatic rings. The molecule has 0 rings (SSSR count). The molecule has 0 saturated carbocycles. The van der Waals surface area contributed by atoms with Gasteiger partial charge < -0.3 is 4.90 Å². The van der Waals surface area contributed by atoms with Crippen LogP contribution in [0.25, 0.3) is 0 Å². The smallest absolute Gasteiger partial charge is 0.249 e. The molecule has 0 aromatic carbocycles. The van der Waals surface area contributed by atoms with Crippen LogP contribution in [0, 0.1) is 0 Å². The zero-order chi connectivity index (χ0) is 12.4. The van der Waals surface area contributed by atoms with E-state index in [4.69, 9.17) is 0 Å². The zero-order valence-corrected chi connectivity index (χ0v) is 10.4. The topological polar surface area (TPSA) is 20.3 Å². The second-order valence-electron chi connectivity index (χ2n) is 3.85. The molecule has 0 fully saturated rings. The first-order valence-corrected chi connectivity index (χ1v) is 5.86. The first-order valence-electron chi connectivity index (χ1n) is 5.86. The summed E-state index contributed by atoms with van der Waals surface area (Å²) < 4.78 is 0. The number of hydrogen-bond donors (Lipinski definition) is 0. The highest BCUT2D eigenvalue weighted by Gasteiger charge is 2.13. The lowest BCUT2D eigenvalue weighted by Gasteiger charge is -2.20. The Hall–Kier alpha value is -1.31. The van der Waals surface area contributed by atoms with Crippen molar-refractivity contribution in [2.75, 3.05) is 13.1 Å². The molecular formula is C14H23NO. The van der Waals surface area contributed by atoms with Gasteiger partial charge in [-0.3, -0.25) is 4.79 Å². The van der Waals surface area contributed by atoms with Crippen molar-refractivity contribution in [2.45, 2.75) is 32.6 Å². The Morgan fingerprint density at radius 2 is 1.75 bits per heavy atom. The Kier molecular flexibility index (Phi) is 8.22. The van der Waals surface area contributed by atoms with Gasteiger partial charge in [0.1, 0.15) is 0 Å². The molecule has 2 heteroatoms. The number of hydrogen-bond acceptors (Lipinski definition) is 1. The fourth-order valence-electron chi connectivity index (χ4n) is 1.47. The molecule has 0 aromatic rings. The lowest BCUT2D eigenvalue weighted by Crippen LogP contribution is -2.32. The van der Waals surface area contributed by atoms with Crippen molar-refractivity contribution in [3.8, 4) is 0 Å². The van der Waals surface area contributed by atoms with Crippen LogP contribution in [0.2, 0.25) is 0 Å². The molecule has 0 aliphatic carbocycles. The van der Waals surface area contributed by atoms with E-state index in [-0.39, 0.29) is 5.91 Å². The van der Waals surface area contributed by atoms with Gasteiger partial charge in [0.05, 0.1) is 0 Å². The maximum atomic E-state index is 11.9. The minimum atomic E-state index is 0.0240. The molecule has 0 heterocycles. The first-order chi connectivity index (χ1) is 7.67. The van der Waals surface area contributed by atoms with E-state index in [1.165, 1.54) is 0 Å². The van der Waals surface area contributed by atoms with Crippen molar-refractivity contribution < 1.29 is 4.79 Å². The summed E-state index contributed by atoms with van der Waals surface area (Å²) in [5.74, 6) is 0.0240. The summed E-state index contributed by atoms with van der Waals surface area (Å²) in [7, 11) is 0. The second kappa shape index (κ2) is 8.96. The Balaban J connectivity index is 4.19. The van der Waals surface area contributed by atoms with Crippen LogP contribution in [-0.4, -0.2) is 23.9 Å². The van der Waals surface area contributed by atoms with E-state index in [0.717, 1.165) is 25.7 Å². The largest absolute Gasteiger partial charge is 0.332 e. The molecule has 0 unspecified atom stereocenters. The summed E-state index contributed by atoms with van der Waals surface area (Å²) in [4.78, 5) is 13.7. The van der Waals surface area contributed by atoms with Crippen LogP contribution in [0.4, 0.5) is 0 Å². The standard InChI is InChI=1S/C14H23NO/c1-5-8-9-10-13(4)14(16)15(11-6-2)12-7-3/h6-7H,2-5,8-12H2,1H3. The van der Waals surface area contributed by atoms with Gasteiger partial charge in [-0.2, -0.15) is 0 Å². The van der Waals surface area contributed by atoms with Crippen LogP contribution >= 0.6 is 0 Å². The van der Waals surface area contributed by atoms with E-state index in [1.807, 2.05) is 0 Å². The molecule has 0 spiro atoms. The Labute approximate surface area is 99.3 Å². The van der Waals surface area contributed by atoms with Gasteiger partial charge in [-0.25, -0.2) is 0 Å². The van der Waals surface area contributed by atoms with Crippen LogP contribution < -0.4 is 0 Å². The number of unbranched alkanes of at least 4 members (excludes halogenated alkanes) is 2. The highest BCUT2D eigenvalue weighted by molar-refractivity contribution is 5.92. The van der Waals surface area contributed by atoms with Gasteiger partial charge in [-0.05, 0) is 12.8 Å². The molecule has 0 atom stereocenters. The average molecular weight is 221 g/mol. The first kappa shape index (κ1) is 14.7. The van der Waals surface area contributed by atoms with Gasteiger partial charge >= 0.3 is 0 Å². The highest BCUT2D eigenvalue weighted by atomic mass is 16.2. The predicted octanol–water partition coefficient (Wildman–Crippen LogP) is 3.32. The fraction of sp³-hybridized carbons (Fsp3) is 0.500. The van der Waals surface area contributed by atoms with Crippen molar-refractivity contribution >= 4 is 5.91 Å². The lowest BCUT2D eigenvalue weighted by atomic mass is 10.1. The van der Waals surface area contributed by atoms with Crippen molar-refractivity contribution in [3.63, 3.8) is 0 Å². The third-order valence-corrected chi connectivity index (χ3v) is 2.37. The van der Waals surface area contributed by atoms with Crippen LogP contribution in [0.3, 0.4) is 0 Å². The van der Waals surface area contributed by atoms with E-state index in [9.17, 15) is 4.79 Å². The van der Waals surface area contributed by atoms with Crippen molar-refractivity contribution in [1.82, 2.24) is 4.90 Å². The Bertz CT molecular complexity index is 245. The summed E-state index contributed by atoms with van der Waals surface area (Å²) in [6, 6.07) is 0. The summed E-state index contributed by atoms with van der Waals surface area (Å²) in [6.45, 7) is 14.4. The molecule has 1 amide bonds. The third-order valence-electron chi connectivity index (χ3n) is 2.37. The van der Waals surface area contributed by atoms with Gasteiger partial charge in [0, 0.05) is 18.7 Å². The highest BCUT2D eigenvalue weighted by Crippen LogP contribution is 2.10. The molecule has 0 aromatic heterocycles. The molecule has 2 nitrogen and oxygen atoms in total. The van der Waals surface area contributed by atoms with E-state index in [1.54, 1.807) is 17.1 Å². The Morgan fingerprint density at radius 3 is 2.19 bits per heavy atom. The molecule has 90 valence electrons. The van der Waals surface area contributed by atoms with Crippen molar-refractivity contribution in [2.24, 2.45) is 0 Å². The molecular weight excluding hydrogens is 198 g/mol. The lowest BCUT2D eigenvalue weighted by molar-refractivity contribution is -0.126. The fourth-order valence-corrected chi connectivity index (χ4v) is 1.47. The van der Waals surface area contributed by atoms with Crippen LogP contribution in [0.5, 0.6) is 0 Å². The molecule has 0 N–H and O–H groups in total. The van der Waals surface area contributed by atoms with E-state index in [0.29, 0.717) is 18.7 Å². The zero-order valence-electron chi connectivity index (χ0n) is 10.4. The van der Waals surface area contributed by atoms with Gasteiger partial charge in [0.25, 0.3) is 0 Å². The normalized spacial score (nSPS) is 9.56. The number of amides is 1. The molecule has 0 bridgehead atoms. The predicted molar refractivity (Wildman–Crippen MR) is 70.3 cm³/mol. The quantitative estimate of drug-likeness (QED) is 0.332. The second-order valence-corrected chi connectivity index (χ2v) is 3.85. The molecule has 16 heavy (non-hydrogen) atoms. The number of carbonyl (C=O) groups excluding carboxylic acids is 1. The van der Waals surface area contributed by atoms with Crippen LogP contribution in [0.1, 0.15) is 32.6 Å². The van der Waals surface area contributed by atoms with Crippen LogP contribution in [-0.2, 0) is 4.79 Å². The third kappa shape index (κ3) is 5.54. The monoisotopic (exact) mass is 221 g/mol. The molecule has 0 radical (unpaired) electrons. The van der Waals surface area contributed by atoms with Gasteiger partial charge in [-0.1, -0.05) is 38.5 Å². The van der Waals surface area contributed by atoms with Gasteiger partial charge in [-0.15, -0.1) is 13.2 Å². The average Bonchev–Trinajstić information content (AvgIpc) is 2.28. The summed E-state index contributed by atoms with van der Waals surface area (Å²) >= 11 is 0. The van der Waals surface area contributed by atoms with E-state index < -0.39 is 0 Å². The number of nitrogens with zero attached hydrogens (tertiary/aromatic N) is 1. The summed E-state index contributed by atoms with van der Waals surface area (Å²) in [5, 5.41) is 0. The summed E-state index contributed by atoms with van der Waals surface area (Å²) in [6.07, 6.45) is 7.58. The number of carbonyl (C=O) groups is 1. The number of rotatable bonds is 9. The van der Waals surface area contributed by atoms with Gasteiger partial charge in [0.15, 0.2) is 0 Å². The molecule has 0 aliphatic heterocycles.